The lowest BCUT2D eigenvalue weighted by Crippen LogP contribution is -2.44. The number of amides is 1. The second-order valence-corrected chi connectivity index (χ2v) is 5.59. The van der Waals surface area contributed by atoms with E-state index in [2.05, 4.69) is 24.0 Å². The van der Waals surface area contributed by atoms with Crippen LogP contribution in [-0.4, -0.2) is 33.6 Å². The van der Waals surface area contributed by atoms with Crippen LogP contribution in [0.5, 0.6) is 0 Å². The summed E-state index contributed by atoms with van der Waals surface area (Å²) < 4.78 is 0. The van der Waals surface area contributed by atoms with Crippen molar-refractivity contribution in [1.82, 2.24) is 15.1 Å². The van der Waals surface area contributed by atoms with Crippen LogP contribution in [0.1, 0.15) is 37.2 Å². The van der Waals surface area contributed by atoms with E-state index in [1.165, 1.54) is 0 Å². The average Bonchev–Trinajstić information content (AvgIpc) is 2.82. The number of likely N-dealkylation sites (tertiary alicyclic amines) is 1. The highest BCUT2D eigenvalue weighted by molar-refractivity contribution is 6.04. The number of piperidine rings is 1. The fraction of sp³-hybridized carbons (Fsp3) is 0.467. The molecule has 1 N–H and O–H groups in total. The molecule has 1 aliphatic heterocycles. The number of aromatic amines is 1. The standard InChI is InChI=1S/C15H19N3O/c1-10-7-8-18(11(2)9-10)15(19)14-12-5-3-4-6-13(12)16-17-14/h3-6,10-11H,7-9H2,1-2H3,(H,16,17). The minimum absolute atomic E-state index is 0.0526. The molecule has 100 valence electrons. The number of rotatable bonds is 1. The molecule has 4 nitrogen and oxygen atoms in total. The number of carbonyl (C=O) groups is 1. The van der Waals surface area contributed by atoms with Crippen LogP contribution in [-0.2, 0) is 0 Å². The molecule has 0 radical (unpaired) electrons. The van der Waals surface area contributed by atoms with Crippen LogP contribution in [0.25, 0.3) is 10.9 Å². The van der Waals surface area contributed by atoms with Gasteiger partial charge in [0.2, 0.25) is 0 Å². The van der Waals surface area contributed by atoms with Gasteiger partial charge >= 0.3 is 0 Å². The Morgan fingerprint density at radius 1 is 1.37 bits per heavy atom. The number of benzene rings is 1. The Morgan fingerprint density at radius 3 is 2.95 bits per heavy atom. The molecule has 1 aliphatic rings. The molecule has 2 atom stereocenters. The van der Waals surface area contributed by atoms with Gasteiger partial charge < -0.3 is 4.90 Å². The molecule has 2 aromatic rings. The summed E-state index contributed by atoms with van der Waals surface area (Å²) in [7, 11) is 0. The van der Waals surface area contributed by atoms with Crippen LogP contribution in [0.4, 0.5) is 0 Å². The number of H-pyrrole nitrogens is 1. The van der Waals surface area contributed by atoms with E-state index in [4.69, 9.17) is 0 Å². The first-order valence-corrected chi connectivity index (χ1v) is 6.91. The zero-order chi connectivity index (χ0) is 13.4. The van der Waals surface area contributed by atoms with Crippen LogP contribution < -0.4 is 0 Å². The van der Waals surface area contributed by atoms with E-state index in [9.17, 15) is 4.79 Å². The monoisotopic (exact) mass is 257 g/mol. The van der Waals surface area contributed by atoms with Gasteiger partial charge in [0.15, 0.2) is 5.69 Å². The molecule has 19 heavy (non-hydrogen) atoms. The van der Waals surface area contributed by atoms with Gasteiger partial charge in [-0.25, -0.2) is 0 Å². The summed E-state index contributed by atoms with van der Waals surface area (Å²) in [4.78, 5) is 14.6. The third kappa shape index (κ3) is 2.11. The van der Waals surface area contributed by atoms with Crippen LogP contribution in [0.3, 0.4) is 0 Å². The van der Waals surface area contributed by atoms with Crippen molar-refractivity contribution in [2.45, 2.75) is 32.7 Å². The summed E-state index contributed by atoms with van der Waals surface area (Å²) in [5.41, 5.74) is 1.47. The maximum atomic E-state index is 12.6. The highest BCUT2D eigenvalue weighted by atomic mass is 16.2. The van der Waals surface area contributed by atoms with Gasteiger partial charge in [-0.1, -0.05) is 25.1 Å². The van der Waals surface area contributed by atoms with Gasteiger partial charge in [-0.05, 0) is 31.7 Å². The van der Waals surface area contributed by atoms with Gasteiger partial charge in [0.25, 0.3) is 5.91 Å². The molecule has 2 heterocycles. The van der Waals surface area contributed by atoms with E-state index in [-0.39, 0.29) is 5.91 Å². The van der Waals surface area contributed by atoms with E-state index in [0.29, 0.717) is 17.7 Å². The third-order valence-corrected chi connectivity index (χ3v) is 4.07. The summed E-state index contributed by atoms with van der Waals surface area (Å²) in [5.74, 6) is 0.756. The second kappa shape index (κ2) is 4.68. The van der Waals surface area contributed by atoms with Crippen LogP contribution >= 0.6 is 0 Å². The number of aromatic nitrogens is 2. The quantitative estimate of drug-likeness (QED) is 0.854. The molecule has 0 spiro atoms. The van der Waals surface area contributed by atoms with Crippen molar-refractivity contribution in [2.24, 2.45) is 5.92 Å². The van der Waals surface area contributed by atoms with E-state index in [1.807, 2.05) is 29.2 Å². The number of fused-ring (bicyclic) bond motifs is 1. The molecule has 1 amide bonds. The summed E-state index contributed by atoms with van der Waals surface area (Å²) in [6, 6.07) is 8.08. The Bertz CT molecular complexity index is 604. The van der Waals surface area contributed by atoms with Crippen LogP contribution in [0.2, 0.25) is 0 Å². The maximum Gasteiger partial charge on any atom is 0.275 e. The van der Waals surface area contributed by atoms with Crippen molar-refractivity contribution in [2.75, 3.05) is 6.54 Å². The molecule has 1 saturated heterocycles. The lowest BCUT2D eigenvalue weighted by molar-refractivity contribution is 0.0584. The van der Waals surface area contributed by atoms with E-state index < -0.39 is 0 Å². The molecule has 0 aliphatic carbocycles. The molecule has 2 unspecified atom stereocenters. The summed E-state index contributed by atoms with van der Waals surface area (Å²) in [6.07, 6.45) is 2.16. The zero-order valence-corrected chi connectivity index (χ0v) is 11.4. The highest BCUT2D eigenvalue weighted by Gasteiger charge is 2.29. The van der Waals surface area contributed by atoms with Gasteiger partial charge in [-0.3, -0.25) is 9.89 Å². The van der Waals surface area contributed by atoms with E-state index in [0.717, 1.165) is 30.3 Å². The normalized spacial score (nSPS) is 23.8. The average molecular weight is 257 g/mol. The first-order valence-electron chi connectivity index (χ1n) is 6.91. The molecular weight excluding hydrogens is 238 g/mol. The molecule has 3 rings (SSSR count). The summed E-state index contributed by atoms with van der Waals surface area (Å²) in [5, 5.41) is 8.06. The topological polar surface area (TPSA) is 49.0 Å². The smallest absolute Gasteiger partial charge is 0.275 e. The Hall–Kier alpha value is -1.84. The lowest BCUT2D eigenvalue weighted by Gasteiger charge is -2.36. The van der Waals surface area contributed by atoms with Crippen molar-refractivity contribution in [1.29, 1.82) is 0 Å². The van der Waals surface area contributed by atoms with Crippen LogP contribution in [0, 0.1) is 5.92 Å². The number of hydrogen-bond acceptors (Lipinski definition) is 2. The van der Waals surface area contributed by atoms with E-state index in [1.54, 1.807) is 0 Å². The highest BCUT2D eigenvalue weighted by Crippen LogP contribution is 2.25. The predicted molar refractivity (Wildman–Crippen MR) is 75.0 cm³/mol. The van der Waals surface area contributed by atoms with E-state index >= 15 is 0 Å². The summed E-state index contributed by atoms with van der Waals surface area (Å²) in [6.45, 7) is 5.22. The first-order chi connectivity index (χ1) is 9.16. The van der Waals surface area contributed by atoms with Crippen molar-refractivity contribution in [3.05, 3.63) is 30.0 Å². The maximum absolute atomic E-state index is 12.6. The van der Waals surface area contributed by atoms with Gasteiger partial charge in [0.1, 0.15) is 0 Å². The van der Waals surface area contributed by atoms with Crippen LogP contribution in [0.15, 0.2) is 24.3 Å². The third-order valence-electron chi connectivity index (χ3n) is 4.07. The van der Waals surface area contributed by atoms with Crippen molar-refractivity contribution in [3.8, 4) is 0 Å². The zero-order valence-electron chi connectivity index (χ0n) is 11.4. The van der Waals surface area contributed by atoms with Crippen molar-refractivity contribution in [3.63, 3.8) is 0 Å². The molecule has 1 fully saturated rings. The number of nitrogens with one attached hydrogen (secondary N) is 1. The fourth-order valence-corrected chi connectivity index (χ4v) is 2.97. The number of nitrogens with zero attached hydrogens (tertiary/aromatic N) is 2. The van der Waals surface area contributed by atoms with Gasteiger partial charge in [-0.15, -0.1) is 0 Å². The molecule has 1 aromatic heterocycles. The minimum atomic E-state index is 0.0526. The summed E-state index contributed by atoms with van der Waals surface area (Å²) >= 11 is 0. The van der Waals surface area contributed by atoms with Gasteiger partial charge in [0, 0.05) is 18.0 Å². The Morgan fingerprint density at radius 2 is 2.16 bits per heavy atom. The number of carbonyl (C=O) groups excluding carboxylic acids is 1. The molecule has 1 aromatic carbocycles. The Balaban J connectivity index is 1.91. The molecule has 0 saturated carbocycles. The van der Waals surface area contributed by atoms with Gasteiger partial charge in [-0.2, -0.15) is 5.10 Å². The largest absolute Gasteiger partial charge is 0.335 e. The SMILES string of the molecule is CC1CCN(C(=O)c2n[nH]c3ccccc23)C(C)C1. The van der Waals surface area contributed by atoms with Crippen molar-refractivity contribution < 1.29 is 4.79 Å². The van der Waals surface area contributed by atoms with Crippen molar-refractivity contribution >= 4 is 16.8 Å². The second-order valence-electron chi connectivity index (χ2n) is 5.59. The molecule has 4 heteroatoms. The predicted octanol–water partition coefficient (Wildman–Crippen LogP) is 2.82. The Labute approximate surface area is 112 Å². The minimum Gasteiger partial charge on any atom is -0.335 e. The fourth-order valence-electron chi connectivity index (χ4n) is 2.97. The number of para-hydroxylation sites is 1. The molecular formula is C15H19N3O. The number of hydrogen-bond donors (Lipinski definition) is 1. The lowest BCUT2D eigenvalue weighted by atomic mass is 9.93. The Kier molecular flexibility index (Phi) is 3.01. The van der Waals surface area contributed by atoms with Gasteiger partial charge in [0.05, 0.1) is 5.52 Å². The first kappa shape index (κ1) is 12.2. The molecule has 0 bridgehead atoms.